The van der Waals surface area contributed by atoms with Crippen LogP contribution in [0.3, 0.4) is 0 Å². The van der Waals surface area contributed by atoms with Crippen molar-refractivity contribution in [1.82, 2.24) is 16.1 Å². The van der Waals surface area contributed by atoms with Gasteiger partial charge in [-0.15, -0.1) is 0 Å². The van der Waals surface area contributed by atoms with Gasteiger partial charge in [0, 0.05) is 12.8 Å². The number of ketones is 2. The summed E-state index contributed by atoms with van der Waals surface area (Å²) in [6.45, 7) is 5.51. The maximum atomic E-state index is 11.5. The Kier molecular flexibility index (Phi) is 10.0. The maximum absolute atomic E-state index is 11.5. The minimum atomic E-state index is -0.840. The lowest BCUT2D eigenvalue weighted by Crippen LogP contribution is -2.37. The number of amides is 3. The molecule has 3 N–H and O–H groups in total. The SMILES string of the molecule is CC(=O)CNC(=O)CCC(=O)CNC(=O)CONC(=O)OC(C)(C)C. The third-order valence-electron chi connectivity index (χ3n) is 2.41. The van der Waals surface area contributed by atoms with E-state index in [0.717, 1.165) is 0 Å². The molecule has 142 valence electrons. The first-order chi connectivity index (χ1) is 11.5. The summed E-state index contributed by atoms with van der Waals surface area (Å²) in [4.78, 5) is 60.9. The number of ether oxygens (including phenoxy) is 1. The molecule has 10 nitrogen and oxygen atoms in total. The summed E-state index contributed by atoms with van der Waals surface area (Å²) < 4.78 is 4.89. The van der Waals surface area contributed by atoms with Crippen molar-refractivity contribution in [3.05, 3.63) is 0 Å². The van der Waals surface area contributed by atoms with Crippen LogP contribution in [0.5, 0.6) is 0 Å². The van der Waals surface area contributed by atoms with Gasteiger partial charge in [0.1, 0.15) is 11.4 Å². The second-order valence-electron chi connectivity index (χ2n) is 6.19. The topological polar surface area (TPSA) is 140 Å². The molecule has 25 heavy (non-hydrogen) atoms. The highest BCUT2D eigenvalue weighted by Gasteiger charge is 2.16. The molecule has 0 rings (SSSR count). The summed E-state index contributed by atoms with van der Waals surface area (Å²) in [5, 5.41) is 4.64. The third-order valence-corrected chi connectivity index (χ3v) is 2.41. The molecule has 0 fully saturated rings. The monoisotopic (exact) mass is 359 g/mol. The minimum Gasteiger partial charge on any atom is -0.442 e. The van der Waals surface area contributed by atoms with Crippen molar-refractivity contribution in [2.45, 2.75) is 46.1 Å². The molecule has 3 amide bonds. The Bertz CT molecular complexity index is 512. The first kappa shape index (κ1) is 22.5. The van der Waals surface area contributed by atoms with Gasteiger partial charge >= 0.3 is 6.09 Å². The predicted molar refractivity (Wildman–Crippen MR) is 86.3 cm³/mol. The van der Waals surface area contributed by atoms with E-state index in [4.69, 9.17) is 4.74 Å². The zero-order chi connectivity index (χ0) is 19.5. The van der Waals surface area contributed by atoms with Crippen LogP contribution in [0.25, 0.3) is 0 Å². The van der Waals surface area contributed by atoms with Gasteiger partial charge in [-0.3, -0.25) is 24.0 Å². The Labute approximate surface area is 145 Å². The largest absolute Gasteiger partial charge is 0.442 e. The second kappa shape index (κ2) is 11.1. The Balaban J connectivity index is 3.80. The van der Waals surface area contributed by atoms with Gasteiger partial charge < -0.3 is 15.4 Å². The molecule has 0 spiro atoms. The number of hydroxylamine groups is 1. The van der Waals surface area contributed by atoms with E-state index in [1.165, 1.54) is 6.92 Å². The van der Waals surface area contributed by atoms with E-state index in [-0.39, 0.29) is 37.5 Å². The van der Waals surface area contributed by atoms with Gasteiger partial charge in [0.05, 0.1) is 13.1 Å². The van der Waals surface area contributed by atoms with Gasteiger partial charge in [-0.05, 0) is 27.7 Å². The van der Waals surface area contributed by atoms with Crippen LogP contribution in [0.1, 0.15) is 40.5 Å². The molecule has 0 aromatic carbocycles. The Hall–Kier alpha value is -2.49. The predicted octanol–water partition coefficient (Wildman–Crippen LogP) is -0.387. The molecular formula is C15H25N3O7. The van der Waals surface area contributed by atoms with Crippen molar-refractivity contribution in [3.63, 3.8) is 0 Å². The van der Waals surface area contributed by atoms with E-state index in [1.807, 2.05) is 5.48 Å². The smallest absolute Gasteiger partial charge is 0.431 e. The standard InChI is InChI=1S/C15H25N3O7/c1-10(19)7-16-12(21)6-5-11(20)8-17-13(22)9-24-18-14(23)25-15(2,3)4/h5-9H2,1-4H3,(H,16,21)(H,17,22)(H,18,23). The summed E-state index contributed by atoms with van der Waals surface area (Å²) in [5.74, 6) is -1.58. The summed E-state index contributed by atoms with van der Waals surface area (Å²) in [6, 6.07) is 0. The van der Waals surface area contributed by atoms with Crippen molar-refractivity contribution in [2.75, 3.05) is 19.7 Å². The van der Waals surface area contributed by atoms with Gasteiger partial charge in [0.15, 0.2) is 12.4 Å². The molecule has 0 atom stereocenters. The van der Waals surface area contributed by atoms with E-state index < -0.39 is 30.1 Å². The van der Waals surface area contributed by atoms with Crippen LogP contribution < -0.4 is 16.1 Å². The number of carbonyl (C=O) groups is 5. The highest BCUT2D eigenvalue weighted by atomic mass is 16.7. The van der Waals surface area contributed by atoms with Crippen LogP contribution in [0.2, 0.25) is 0 Å². The molecule has 0 saturated carbocycles. The van der Waals surface area contributed by atoms with Crippen LogP contribution in [0, 0.1) is 0 Å². The fraction of sp³-hybridized carbons (Fsp3) is 0.667. The molecule has 0 heterocycles. The maximum Gasteiger partial charge on any atom is 0.431 e. The first-order valence-electron chi connectivity index (χ1n) is 7.65. The zero-order valence-electron chi connectivity index (χ0n) is 14.9. The molecule has 0 saturated heterocycles. The van der Waals surface area contributed by atoms with Crippen LogP contribution >= 0.6 is 0 Å². The van der Waals surface area contributed by atoms with Crippen molar-refractivity contribution >= 4 is 29.5 Å². The lowest BCUT2D eigenvalue weighted by Gasteiger charge is -2.19. The molecule has 0 aliphatic carbocycles. The molecule has 0 unspecified atom stereocenters. The number of Topliss-reactive ketones (excluding diaryl/α,β-unsaturated/α-hetero) is 2. The molecule has 0 aromatic rings. The summed E-state index contributed by atoms with van der Waals surface area (Å²) in [6.07, 6.45) is -0.979. The van der Waals surface area contributed by atoms with Crippen LogP contribution in [-0.4, -0.2) is 54.8 Å². The van der Waals surface area contributed by atoms with Crippen LogP contribution in [0.15, 0.2) is 0 Å². The van der Waals surface area contributed by atoms with E-state index in [9.17, 15) is 24.0 Å². The molecular weight excluding hydrogens is 334 g/mol. The second-order valence-corrected chi connectivity index (χ2v) is 6.19. The van der Waals surface area contributed by atoms with Gasteiger partial charge in [0.2, 0.25) is 11.8 Å². The number of nitrogens with one attached hydrogen (secondary N) is 3. The van der Waals surface area contributed by atoms with E-state index in [1.54, 1.807) is 20.8 Å². The van der Waals surface area contributed by atoms with Gasteiger partial charge in [-0.25, -0.2) is 4.79 Å². The highest BCUT2D eigenvalue weighted by Crippen LogP contribution is 2.06. The number of carbonyl (C=O) groups excluding carboxylic acids is 5. The highest BCUT2D eigenvalue weighted by molar-refractivity contribution is 5.90. The van der Waals surface area contributed by atoms with Gasteiger partial charge in [0.25, 0.3) is 0 Å². The number of hydrogen-bond acceptors (Lipinski definition) is 7. The quantitative estimate of drug-likeness (QED) is 0.451. The van der Waals surface area contributed by atoms with Crippen molar-refractivity contribution in [1.29, 1.82) is 0 Å². The molecule has 0 bridgehead atoms. The Morgan fingerprint density at radius 1 is 0.880 bits per heavy atom. The number of hydrogen-bond donors (Lipinski definition) is 3. The van der Waals surface area contributed by atoms with Crippen molar-refractivity contribution in [3.8, 4) is 0 Å². The minimum absolute atomic E-state index is 0.0684. The summed E-state index contributed by atoms with van der Waals surface area (Å²) >= 11 is 0. The summed E-state index contributed by atoms with van der Waals surface area (Å²) in [7, 11) is 0. The average Bonchev–Trinajstić information content (AvgIpc) is 2.46. The average molecular weight is 359 g/mol. The van der Waals surface area contributed by atoms with E-state index >= 15 is 0 Å². The molecule has 10 heteroatoms. The summed E-state index contributed by atoms with van der Waals surface area (Å²) in [5.41, 5.74) is 1.24. The van der Waals surface area contributed by atoms with Crippen molar-refractivity contribution < 1.29 is 33.5 Å². The van der Waals surface area contributed by atoms with Gasteiger partial charge in [-0.2, -0.15) is 5.48 Å². The van der Waals surface area contributed by atoms with E-state index in [0.29, 0.717) is 0 Å². The van der Waals surface area contributed by atoms with Crippen molar-refractivity contribution in [2.24, 2.45) is 0 Å². The molecule has 0 aliphatic rings. The Morgan fingerprint density at radius 3 is 2.04 bits per heavy atom. The lowest BCUT2D eigenvalue weighted by atomic mass is 10.2. The zero-order valence-corrected chi connectivity index (χ0v) is 14.9. The Morgan fingerprint density at radius 2 is 1.48 bits per heavy atom. The lowest BCUT2D eigenvalue weighted by molar-refractivity contribution is -0.130. The van der Waals surface area contributed by atoms with Crippen LogP contribution in [0.4, 0.5) is 4.79 Å². The molecule has 0 radical (unpaired) electrons. The fourth-order valence-corrected chi connectivity index (χ4v) is 1.36. The first-order valence-corrected chi connectivity index (χ1v) is 7.65. The normalized spacial score (nSPS) is 10.6. The molecule has 0 aliphatic heterocycles. The van der Waals surface area contributed by atoms with E-state index in [2.05, 4.69) is 15.5 Å². The van der Waals surface area contributed by atoms with Crippen LogP contribution in [-0.2, 0) is 28.8 Å². The third kappa shape index (κ3) is 14.8. The molecule has 0 aromatic heterocycles. The van der Waals surface area contributed by atoms with Gasteiger partial charge in [-0.1, -0.05) is 0 Å². The fourth-order valence-electron chi connectivity index (χ4n) is 1.36. The number of rotatable bonds is 10.